The first-order chi connectivity index (χ1) is 11.8. The molecular weight excluding hydrogens is 300 g/mol. The van der Waals surface area contributed by atoms with Gasteiger partial charge in [0.1, 0.15) is 5.75 Å². The van der Waals surface area contributed by atoms with Crippen LogP contribution >= 0.6 is 0 Å². The zero-order chi connectivity index (χ0) is 16.6. The van der Waals surface area contributed by atoms with Crippen LogP contribution in [0, 0.1) is 0 Å². The number of nitrogens with one attached hydrogen (secondary N) is 1. The van der Waals surface area contributed by atoms with E-state index >= 15 is 0 Å². The summed E-state index contributed by atoms with van der Waals surface area (Å²) in [6.45, 7) is 0.776. The van der Waals surface area contributed by atoms with Crippen LogP contribution in [0.1, 0.15) is 41.9 Å². The smallest absolute Gasteiger partial charge is 0.185 e. The van der Waals surface area contributed by atoms with Crippen LogP contribution < -0.4 is 4.74 Å². The number of fused-ring (bicyclic) bond motifs is 1. The van der Waals surface area contributed by atoms with E-state index in [1.807, 2.05) is 36.4 Å². The lowest BCUT2D eigenvalue weighted by molar-refractivity contribution is 0.111. The monoisotopic (exact) mass is 322 g/mol. The predicted molar refractivity (Wildman–Crippen MR) is 95.6 cm³/mol. The number of unbranched alkanes of at least 4 members (excludes halogenated alkanes) is 3. The Balaban J connectivity index is 1.35. The molecule has 0 unspecified atom stereocenters. The summed E-state index contributed by atoms with van der Waals surface area (Å²) in [5, 5.41) is 0. The maximum atomic E-state index is 10.7. The number of imidazole rings is 1. The molecular formula is C20H22N2O2. The summed E-state index contributed by atoms with van der Waals surface area (Å²) in [6, 6.07) is 16.1. The predicted octanol–water partition coefficient (Wildman–Crippen LogP) is 4.56. The summed E-state index contributed by atoms with van der Waals surface area (Å²) >= 11 is 0. The van der Waals surface area contributed by atoms with Crippen molar-refractivity contribution in [2.45, 2.75) is 32.1 Å². The first-order valence-corrected chi connectivity index (χ1v) is 8.47. The van der Waals surface area contributed by atoms with Crippen LogP contribution in [0.15, 0.2) is 48.5 Å². The standard InChI is InChI=1S/C20H22N2O2/c23-15-20-21-18-12-11-16(14-19(18)22-20)8-4-1-2-7-13-24-17-9-5-3-6-10-17/h3,5-6,9-12,14-15H,1-2,4,7-8,13H2,(H,21,22). The number of carbonyl (C=O) groups excluding carboxylic acids is 1. The van der Waals surface area contributed by atoms with Crippen LogP contribution in [0.3, 0.4) is 0 Å². The molecule has 0 aliphatic carbocycles. The number of nitrogens with zero attached hydrogens (tertiary/aromatic N) is 1. The third-order valence-corrected chi connectivity index (χ3v) is 4.05. The van der Waals surface area contributed by atoms with E-state index in [-0.39, 0.29) is 0 Å². The van der Waals surface area contributed by atoms with Gasteiger partial charge in [0.2, 0.25) is 0 Å². The number of rotatable bonds is 9. The highest BCUT2D eigenvalue weighted by atomic mass is 16.5. The lowest BCUT2D eigenvalue weighted by Crippen LogP contribution is -1.97. The zero-order valence-electron chi connectivity index (χ0n) is 13.7. The number of benzene rings is 2. The highest BCUT2D eigenvalue weighted by Gasteiger charge is 2.03. The van der Waals surface area contributed by atoms with Crippen LogP contribution in [0.5, 0.6) is 5.75 Å². The van der Waals surface area contributed by atoms with Gasteiger partial charge in [-0.25, -0.2) is 4.98 Å². The number of H-pyrrole nitrogens is 1. The topological polar surface area (TPSA) is 55.0 Å². The summed E-state index contributed by atoms with van der Waals surface area (Å²) in [5.74, 6) is 1.33. The molecule has 0 amide bonds. The number of aryl methyl sites for hydroxylation is 1. The van der Waals surface area contributed by atoms with Gasteiger partial charge in [0.25, 0.3) is 0 Å². The van der Waals surface area contributed by atoms with Gasteiger partial charge in [-0.15, -0.1) is 0 Å². The highest BCUT2D eigenvalue weighted by molar-refractivity contribution is 5.82. The van der Waals surface area contributed by atoms with E-state index in [2.05, 4.69) is 22.1 Å². The van der Waals surface area contributed by atoms with Crippen LogP contribution in [0.25, 0.3) is 11.0 Å². The lowest BCUT2D eigenvalue weighted by atomic mass is 10.1. The highest BCUT2D eigenvalue weighted by Crippen LogP contribution is 2.16. The Morgan fingerprint density at radius 3 is 2.67 bits per heavy atom. The quantitative estimate of drug-likeness (QED) is 0.464. The molecule has 0 aliphatic heterocycles. The van der Waals surface area contributed by atoms with Crippen molar-refractivity contribution in [2.75, 3.05) is 6.61 Å². The van der Waals surface area contributed by atoms with Crippen molar-refractivity contribution in [3.63, 3.8) is 0 Å². The normalized spacial score (nSPS) is 10.8. The fourth-order valence-corrected chi connectivity index (χ4v) is 2.78. The van der Waals surface area contributed by atoms with Gasteiger partial charge in [0.15, 0.2) is 12.1 Å². The van der Waals surface area contributed by atoms with Crippen molar-refractivity contribution < 1.29 is 9.53 Å². The Kier molecular flexibility index (Phi) is 5.61. The van der Waals surface area contributed by atoms with E-state index in [1.54, 1.807) is 0 Å². The average molecular weight is 322 g/mol. The Hall–Kier alpha value is -2.62. The second-order valence-corrected chi connectivity index (χ2v) is 5.92. The molecule has 1 heterocycles. The summed E-state index contributed by atoms with van der Waals surface area (Å²) in [4.78, 5) is 18.0. The SMILES string of the molecule is O=Cc1nc2ccc(CCCCCCOc3ccccc3)cc2[nH]1. The van der Waals surface area contributed by atoms with E-state index in [4.69, 9.17) is 4.74 Å². The molecule has 3 aromatic rings. The molecule has 0 fully saturated rings. The maximum absolute atomic E-state index is 10.7. The molecule has 1 aromatic heterocycles. The van der Waals surface area contributed by atoms with Gasteiger partial charge in [-0.3, -0.25) is 4.79 Å². The number of carbonyl (C=O) groups is 1. The van der Waals surface area contributed by atoms with Gasteiger partial charge < -0.3 is 9.72 Å². The van der Waals surface area contributed by atoms with Gasteiger partial charge >= 0.3 is 0 Å². The number of ether oxygens (including phenoxy) is 1. The molecule has 0 bridgehead atoms. The Morgan fingerprint density at radius 2 is 1.83 bits per heavy atom. The molecule has 1 N–H and O–H groups in total. The first-order valence-electron chi connectivity index (χ1n) is 8.47. The fourth-order valence-electron chi connectivity index (χ4n) is 2.78. The van der Waals surface area contributed by atoms with Crippen LogP contribution in [0.2, 0.25) is 0 Å². The molecule has 4 nitrogen and oxygen atoms in total. The lowest BCUT2D eigenvalue weighted by Gasteiger charge is -2.06. The maximum Gasteiger partial charge on any atom is 0.185 e. The van der Waals surface area contributed by atoms with Crippen molar-refractivity contribution in [2.24, 2.45) is 0 Å². The minimum absolute atomic E-state index is 0.389. The largest absolute Gasteiger partial charge is 0.494 e. The Morgan fingerprint density at radius 1 is 1.00 bits per heavy atom. The number of para-hydroxylation sites is 1. The van der Waals surface area contributed by atoms with E-state index < -0.39 is 0 Å². The third-order valence-electron chi connectivity index (χ3n) is 4.05. The van der Waals surface area contributed by atoms with Gasteiger partial charge in [-0.2, -0.15) is 0 Å². The van der Waals surface area contributed by atoms with E-state index in [0.29, 0.717) is 5.82 Å². The first kappa shape index (κ1) is 16.2. The minimum Gasteiger partial charge on any atom is -0.494 e. The van der Waals surface area contributed by atoms with Gasteiger partial charge in [-0.1, -0.05) is 37.1 Å². The van der Waals surface area contributed by atoms with Crippen molar-refractivity contribution in [3.05, 3.63) is 59.9 Å². The number of aromatic nitrogens is 2. The molecule has 0 atom stereocenters. The summed E-state index contributed by atoms with van der Waals surface area (Å²) in [5.41, 5.74) is 3.06. The van der Waals surface area contributed by atoms with E-state index in [0.717, 1.165) is 48.9 Å². The molecule has 0 saturated carbocycles. The van der Waals surface area contributed by atoms with Gasteiger partial charge in [0, 0.05) is 0 Å². The van der Waals surface area contributed by atoms with Crippen molar-refractivity contribution in [1.29, 1.82) is 0 Å². The number of aldehydes is 1. The number of hydrogen-bond donors (Lipinski definition) is 1. The molecule has 0 aliphatic rings. The van der Waals surface area contributed by atoms with Crippen molar-refractivity contribution in [3.8, 4) is 5.75 Å². The Bertz CT molecular complexity index is 781. The molecule has 24 heavy (non-hydrogen) atoms. The second-order valence-electron chi connectivity index (χ2n) is 5.92. The summed E-state index contributed by atoms with van der Waals surface area (Å²) < 4.78 is 5.69. The fraction of sp³-hybridized carbons (Fsp3) is 0.300. The average Bonchev–Trinajstić information content (AvgIpc) is 3.04. The van der Waals surface area contributed by atoms with Gasteiger partial charge in [0.05, 0.1) is 17.6 Å². The molecule has 2 aromatic carbocycles. The van der Waals surface area contributed by atoms with Gasteiger partial charge in [-0.05, 0) is 49.1 Å². The molecule has 4 heteroatoms. The number of hydrogen-bond acceptors (Lipinski definition) is 3. The van der Waals surface area contributed by atoms with Crippen LogP contribution in [-0.4, -0.2) is 22.9 Å². The molecule has 0 saturated heterocycles. The Labute approximate surface area is 141 Å². The van der Waals surface area contributed by atoms with E-state index in [9.17, 15) is 4.79 Å². The number of aromatic amines is 1. The zero-order valence-corrected chi connectivity index (χ0v) is 13.7. The third kappa shape index (κ3) is 4.44. The molecule has 124 valence electrons. The molecule has 3 rings (SSSR count). The van der Waals surface area contributed by atoms with Crippen LogP contribution in [-0.2, 0) is 6.42 Å². The second kappa shape index (κ2) is 8.29. The molecule has 0 spiro atoms. The van der Waals surface area contributed by atoms with Crippen LogP contribution in [0.4, 0.5) is 0 Å². The van der Waals surface area contributed by atoms with E-state index in [1.165, 1.54) is 18.4 Å². The van der Waals surface area contributed by atoms with Crippen molar-refractivity contribution >= 4 is 17.3 Å². The summed E-state index contributed by atoms with van der Waals surface area (Å²) in [6.07, 6.45) is 6.40. The summed E-state index contributed by atoms with van der Waals surface area (Å²) in [7, 11) is 0. The minimum atomic E-state index is 0.389. The molecule has 0 radical (unpaired) electrons. The van der Waals surface area contributed by atoms with Crippen molar-refractivity contribution in [1.82, 2.24) is 9.97 Å².